The Morgan fingerprint density at radius 3 is 3.08 bits per heavy atom. The van der Waals surface area contributed by atoms with Gasteiger partial charge < -0.3 is 14.2 Å². The van der Waals surface area contributed by atoms with Crippen LogP contribution in [0.2, 0.25) is 0 Å². The number of hydrogen-bond acceptors (Lipinski definition) is 3. The van der Waals surface area contributed by atoms with Gasteiger partial charge in [0.2, 0.25) is 0 Å². The van der Waals surface area contributed by atoms with Crippen molar-refractivity contribution in [3.05, 3.63) is 12.2 Å². The van der Waals surface area contributed by atoms with E-state index in [1.54, 1.807) is 0 Å². The van der Waals surface area contributed by atoms with Gasteiger partial charge in [0.05, 0.1) is 13.2 Å². The van der Waals surface area contributed by atoms with E-state index in [0.29, 0.717) is 13.2 Å². The lowest BCUT2D eigenvalue weighted by molar-refractivity contribution is -0.300. The molecule has 0 aliphatic carbocycles. The molecule has 0 bridgehead atoms. The zero-order chi connectivity index (χ0) is 8.60. The maximum Gasteiger partial charge on any atom is 0.163 e. The van der Waals surface area contributed by atoms with Crippen molar-refractivity contribution >= 4 is 0 Å². The summed E-state index contributed by atoms with van der Waals surface area (Å²) in [5.41, 5.74) is 0. The summed E-state index contributed by atoms with van der Waals surface area (Å²) in [4.78, 5) is 0. The Balaban J connectivity index is 2.07. The molecule has 0 aromatic heterocycles. The largest absolute Gasteiger partial charge is 0.369 e. The maximum atomic E-state index is 5.64. The number of rotatable bonds is 0. The Hall–Kier alpha value is -0.380. The first-order chi connectivity index (χ1) is 5.67. The SMILES string of the molecule is CC1(C)OC[C@@H]2OCC=C[C@H]2O1. The lowest BCUT2D eigenvalue weighted by Crippen LogP contribution is -2.50. The van der Waals surface area contributed by atoms with Gasteiger partial charge in [0, 0.05) is 0 Å². The fraction of sp³-hybridized carbons (Fsp3) is 0.778. The first-order valence-corrected chi connectivity index (χ1v) is 4.27. The topological polar surface area (TPSA) is 27.7 Å². The van der Waals surface area contributed by atoms with Crippen LogP contribution < -0.4 is 0 Å². The molecule has 12 heavy (non-hydrogen) atoms. The van der Waals surface area contributed by atoms with Gasteiger partial charge in [-0.05, 0) is 13.8 Å². The van der Waals surface area contributed by atoms with Crippen LogP contribution in [0.4, 0.5) is 0 Å². The summed E-state index contributed by atoms with van der Waals surface area (Å²) in [5.74, 6) is -0.466. The van der Waals surface area contributed by atoms with Crippen LogP contribution in [0.5, 0.6) is 0 Å². The first-order valence-electron chi connectivity index (χ1n) is 4.27. The highest BCUT2D eigenvalue weighted by Gasteiger charge is 2.36. The van der Waals surface area contributed by atoms with Crippen molar-refractivity contribution in [2.75, 3.05) is 13.2 Å². The molecule has 0 N–H and O–H groups in total. The van der Waals surface area contributed by atoms with E-state index >= 15 is 0 Å². The smallest absolute Gasteiger partial charge is 0.163 e. The second-order valence-corrected chi connectivity index (χ2v) is 3.59. The van der Waals surface area contributed by atoms with E-state index in [1.807, 2.05) is 19.9 Å². The number of fused-ring (bicyclic) bond motifs is 1. The predicted molar refractivity (Wildman–Crippen MR) is 43.8 cm³/mol. The van der Waals surface area contributed by atoms with E-state index in [1.165, 1.54) is 0 Å². The average molecular weight is 170 g/mol. The minimum Gasteiger partial charge on any atom is -0.369 e. The molecule has 0 amide bonds. The van der Waals surface area contributed by atoms with Crippen molar-refractivity contribution in [2.24, 2.45) is 0 Å². The standard InChI is InChI=1S/C9H14O3/c1-9(2)11-6-8-7(12-9)4-3-5-10-8/h3-4,7-8H,5-6H2,1-2H3/t7-,8+/m1/s1. The Bertz CT molecular complexity index is 198. The molecule has 0 spiro atoms. The Kier molecular flexibility index (Phi) is 1.94. The van der Waals surface area contributed by atoms with Crippen LogP contribution in [0.15, 0.2) is 12.2 Å². The highest BCUT2D eigenvalue weighted by molar-refractivity contribution is 5.00. The Labute approximate surface area is 72.3 Å². The van der Waals surface area contributed by atoms with E-state index in [9.17, 15) is 0 Å². The molecule has 0 saturated carbocycles. The van der Waals surface area contributed by atoms with E-state index < -0.39 is 5.79 Å². The summed E-state index contributed by atoms with van der Waals surface area (Å²) in [5, 5.41) is 0. The number of hydrogen-bond donors (Lipinski definition) is 0. The summed E-state index contributed by atoms with van der Waals surface area (Å²) >= 11 is 0. The molecule has 3 nitrogen and oxygen atoms in total. The molecular formula is C9H14O3. The molecule has 2 heterocycles. The molecule has 1 saturated heterocycles. The van der Waals surface area contributed by atoms with Crippen molar-refractivity contribution in [1.82, 2.24) is 0 Å². The summed E-state index contributed by atoms with van der Waals surface area (Å²) in [6.45, 7) is 5.15. The van der Waals surface area contributed by atoms with Crippen molar-refractivity contribution in [3.8, 4) is 0 Å². The van der Waals surface area contributed by atoms with Gasteiger partial charge in [0.25, 0.3) is 0 Å². The minimum atomic E-state index is -0.466. The third kappa shape index (κ3) is 1.53. The normalized spacial score (nSPS) is 39.2. The monoisotopic (exact) mass is 170 g/mol. The van der Waals surface area contributed by atoms with Crippen LogP contribution in [0.1, 0.15) is 13.8 Å². The van der Waals surface area contributed by atoms with E-state index in [-0.39, 0.29) is 12.2 Å². The van der Waals surface area contributed by atoms with Gasteiger partial charge in [-0.3, -0.25) is 0 Å². The van der Waals surface area contributed by atoms with Gasteiger partial charge in [-0.1, -0.05) is 12.2 Å². The van der Waals surface area contributed by atoms with Crippen LogP contribution >= 0.6 is 0 Å². The highest BCUT2D eigenvalue weighted by Crippen LogP contribution is 2.26. The molecule has 3 heteroatoms. The Morgan fingerprint density at radius 1 is 1.42 bits per heavy atom. The molecular weight excluding hydrogens is 156 g/mol. The molecule has 68 valence electrons. The predicted octanol–water partition coefficient (Wildman–Crippen LogP) is 1.09. The lowest BCUT2D eigenvalue weighted by atomic mass is 10.1. The third-order valence-electron chi connectivity index (χ3n) is 2.11. The number of ether oxygens (including phenoxy) is 3. The van der Waals surface area contributed by atoms with Gasteiger partial charge in [-0.15, -0.1) is 0 Å². The Morgan fingerprint density at radius 2 is 2.25 bits per heavy atom. The lowest BCUT2D eigenvalue weighted by Gasteiger charge is -2.40. The maximum absolute atomic E-state index is 5.64. The van der Waals surface area contributed by atoms with Gasteiger partial charge in [0.15, 0.2) is 5.79 Å². The second-order valence-electron chi connectivity index (χ2n) is 3.59. The summed E-state index contributed by atoms with van der Waals surface area (Å²) in [7, 11) is 0. The van der Waals surface area contributed by atoms with E-state index in [0.717, 1.165) is 0 Å². The molecule has 2 rings (SSSR count). The first kappa shape index (κ1) is 8.23. The summed E-state index contributed by atoms with van der Waals surface area (Å²) in [6.07, 6.45) is 4.20. The zero-order valence-electron chi connectivity index (χ0n) is 7.45. The molecule has 2 atom stereocenters. The quantitative estimate of drug-likeness (QED) is 0.509. The molecule has 1 fully saturated rings. The van der Waals surface area contributed by atoms with Gasteiger partial charge in [0.1, 0.15) is 12.2 Å². The molecule has 2 aliphatic heterocycles. The second kappa shape index (κ2) is 2.83. The van der Waals surface area contributed by atoms with Gasteiger partial charge in [-0.25, -0.2) is 0 Å². The van der Waals surface area contributed by atoms with Gasteiger partial charge in [-0.2, -0.15) is 0 Å². The van der Waals surface area contributed by atoms with Crippen LogP contribution in [0.25, 0.3) is 0 Å². The van der Waals surface area contributed by atoms with Crippen molar-refractivity contribution in [3.63, 3.8) is 0 Å². The molecule has 0 radical (unpaired) electrons. The highest BCUT2D eigenvalue weighted by atomic mass is 16.7. The van der Waals surface area contributed by atoms with E-state index in [2.05, 4.69) is 6.08 Å². The van der Waals surface area contributed by atoms with Crippen molar-refractivity contribution in [2.45, 2.75) is 31.8 Å². The van der Waals surface area contributed by atoms with Crippen molar-refractivity contribution < 1.29 is 14.2 Å². The minimum absolute atomic E-state index is 0.0718. The summed E-state index contributed by atoms with van der Waals surface area (Å²) < 4.78 is 16.5. The summed E-state index contributed by atoms with van der Waals surface area (Å²) in [6, 6.07) is 0. The molecule has 0 unspecified atom stereocenters. The third-order valence-corrected chi connectivity index (χ3v) is 2.11. The van der Waals surface area contributed by atoms with Crippen LogP contribution in [-0.4, -0.2) is 31.2 Å². The van der Waals surface area contributed by atoms with Crippen LogP contribution in [0.3, 0.4) is 0 Å². The molecule has 0 aromatic carbocycles. The van der Waals surface area contributed by atoms with Crippen LogP contribution in [0, 0.1) is 0 Å². The van der Waals surface area contributed by atoms with Crippen LogP contribution in [-0.2, 0) is 14.2 Å². The fourth-order valence-corrected chi connectivity index (χ4v) is 1.49. The average Bonchev–Trinajstić information content (AvgIpc) is 2.02. The molecule has 0 aromatic rings. The van der Waals surface area contributed by atoms with E-state index in [4.69, 9.17) is 14.2 Å². The van der Waals surface area contributed by atoms with Gasteiger partial charge >= 0.3 is 0 Å². The fourth-order valence-electron chi connectivity index (χ4n) is 1.49. The molecule has 2 aliphatic rings. The van der Waals surface area contributed by atoms with Crippen molar-refractivity contribution in [1.29, 1.82) is 0 Å². The zero-order valence-corrected chi connectivity index (χ0v) is 7.45.